The van der Waals surface area contributed by atoms with Gasteiger partial charge in [-0.25, -0.2) is 19.8 Å². The van der Waals surface area contributed by atoms with Crippen molar-refractivity contribution in [3.05, 3.63) is 23.8 Å². The molecule has 3 aliphatic heterocycles. The lowest BCUT2D eigenvalue weighted by Crippen LogP contribution is -2.65. The first kappa shape index (κ1) is 25.4. The lowest BCUT2D eigenvalue weighted by atomic mass is 10.1. The fourth-order valence-electron chi connectivity index (χ4n) is 4.16. The molecule has 15 heteroatoms. The summed E-state index contributed by atoms with van der Waals surface area (Å²) < 4.78 is 10.4. The monoisotopic (exact) mass is 517 g/mol. The lowest BCUT2D eigenvalue weighted by Gasteiger charge is -2.42. The van der Waals surface area contributed by atoms with Gasteiger partial charge in [0.2, 0.25) is 18.6 Å². The highest BCUT2D eigenvalue weighted by atomic mass is 16.7. The predicted molar refractivity (Wildman–Crippen MR) is 119 cm³/mol. The number of carboxylic acid groups (broad SMARTS) is 1. The molecule has 3 N–H and O–H groups in total. The number of ketones is 1. The zero-order chi connectivity index (χ0) is 26.7. The highest BCUT2D eigenvalue weighted by molar-refractivity contribution is 6.42. The highest BCUT2D eigenvalue weighted by Crippen LogP contribution is 2.32. The Labute approximate surface area is 209 Å². The number of hydrogen-bond donors (Lipinski definition) is 3. The fraction of sp³-hybridized carbons (Fsp3) is 0.409. The number of Topliss-reactive ketones (excluding diaryl/α,β-unsaturated/α-hetero) is 1. The first-order valence-electron chi connectivity index (χ1n) is 11.3. The molecular formula is C22H23N5O10. The summed E-state index contributed by atoms with van der Waals surface area (Å²) in [6.07, 6.45) is -0.144. The standard InChI is InChI=1S/C22H23N5O10/c28-10-13(9-18(30)31)23-20(33)14-2-1-6-26-17(29)5-7-25(22(35)27(14)26)24-21(34)19(32)12-3-4-15-16(8-12)37-11-36-15/h3-4,8,10,13-14H,1-2,5-7,9,11H2,(H,23,33)(H,24,34)(H,30,31)/t13-,14-/m0/s1. The minimum atomic E-state index is -1.34. The number of amides is 5. The Morgan fingerprint density at radius 2 is 1.89 bits per heavy atom. The Morgan fingerprint density at radius 1 is 1.14 bits per heavy atom. The third-order valence-electron chi connectivity index (χ3n) is 5.93. The van der Waals surface area contributed by atoms with Crippen LogP contribution in [0.25, 0.3) is 0 Å². The number of rotatable bonds is 8. The Bertz CT molecular complexity index is 1170. The van der Waals surface area contributed by atoms with E-state index in [-0.39, 0.29) is 50.3 Å². The number of ether oxygens (including phenoxy) is 2. The van der Waals surface area contributed by atoms with Gasteiger partial charge in [-0.2, -0.15) is 0 Å². The molecule has 0 aliphatic carbocycles. The maximum atomic E-state index is 13.4. The van der Waals surface area contributed by atoms with E-state index in [4.69, 9.17) is 14.6 Å². The van der Waals surface area contributed by atoms with Gasteiger partial charge in [0.05, 0.1) is 19.0 Å². The second kappa shape index (κ2) is 10.5. The van der Waals surface area contributed by atoms with Gasteiger partial charge in [0.25, 0.3) is 5.78 Å². The first-order valence-corrected chi connectivity index (χ1v) is 11.3. The summed E-state index contributed by atoms with van der Waals surface area (Å²) in [5, 5.41) is 13.9. The van der Waals surface area contributed by atoms with E-state index in [2.05, 4.69) is 10.7 Å². The van der Waals surface area contributed by atoms with Crippen LogP contribution in [-0.4, -0.2) is 93.9 Å². The zero-order valence-corrected chi connectivity index (χ0v) is 19.4. The summed E-state index contributed by atoms with van der Waals surface area (Å²) >= 11 is 0. The van der Waals surface area contributed by atoms with Gasteiger partial charge in [-0.05, 0) is 31.0 Å². The number of hydrazine groups is 2. The number of nitrogens with zero attached hydrogens (tertiary/aromatic N) is 3. The van der Waals surface area contributed by atoms with E-state index in [9.17, 15) is 33.6 Å². The number of carboxylic acids is 1. The van der Waals surface area contributed by atoms with Crippen LogP contribution in [0.4, 0.5) is 4.79 Å². The molecular weight excluding hydrogens is 494 g/mol. The van der Waals surface area contributed by atoms with Crippen LogP contribution in [0.15, 0.2) is 18.2 Å². The number of aldehydes is 1. The number of aliphatic carboxylic acids is 1. The molecule has 0 saturated carbocycles. The summed E-state index contributed by atoms with van der Waals surface area (Å²) in [7, 11) is 0. The van der Waals surface area contributed by atoms with Crippen molar-refractivity contribution in [1.29, 1.82) is 0 Å². The van der Waals surface area contributed by atoms with E-state index in [1.165, 1.54) is 18.2 Å². The summed E-state index contributed by atoms with van der Waals surface area (Å²) in [5.41, 5.74) is 2.18. The molecule has 4 rings (SSSR count). The van der Waals surface area contributed by atoms with Crippen LogP contribution in [0.3, 0.4) is 0 Å². The van der Waals surface area contributed by atoms with Crippen LogP contribution < -0.4 is 20.2 Å². The number of carbonyl (C=O) groups excluding carboxylic acids is 6. The molecule has 3 heterocycles. The summed E-state index contributed by atoms with van der Waals surface area (Å²) in [4.78, 5) is 86.5. The quantitative estimate of drug-likeness (QED) is 0.215. The maximum Gasteiger partial charge on any atom is 0.358 e. The van der Waals surface area contributed by atoms with Crippen molar-refractivity contribution >= 4 is 41.8 Å². The van der Waals surface area contributed by atoms with Gasteiger partial charge in [-0.15, -0.1) is 0 Å². The van der Waals surface area contributed by atoms with Crippen LogP contribution in [0.5, 0.6) is 11.5 Å². The first-order chi connectivity index (χ1) is 17.7. The van der Waals surface area contributed by atoms with Crippen molar-refractivity contribution < 1.29 is 48.1 Å². The molecule has 2 saturated heterocycles. The van der Waals surface area contributed by atoms with E-state index in [1.54, 1.807) is 0 Å². The van der Waals surface area contributed by atoms with Gasteiger partial charge in [0, 0.05) is 18.5 Å². The molecule has 2 atom stereocenters. The number of hydrogen-bond acceptors (Lipinski definition) is 9. The topological polar surface area (TPSA) is 192 Å². The van der Waals surface area contributed by atoms with Gasteiger partial charge in [0.1, 0.15) is 12.3 Å². The number of nitrogens with one attached hydrogen (secondary N) is 2. The zero-order valence-electron chi connectivity index (χ0n) is 19.4. The van der Waals surface area contributed by atoms with Gasteiger partial charge < -0.3 is 24.7 Å². The molecule has 2 fully saturated rings. The van der Waals surface area contributed by atoms with Gasteiger partial charge in [-0.3, -0.25) is 29.4 Å². The Balaban J connectivity index is 1.51. The molecule has 0 spiro atoms. The fourth-order valence-corrected chi connectivity index (χ4v) is 4.16. The van der Waals surface area contributed by atoms with E-state index >= 15 is 0 Å². The second-order valence-electron chi connectivity index (χ2n) is 8.39. The minimum Gasteiger partial charge on any atom is -0.481 e. The number of fused-ring (bicyclic) bond motifs is 2. The van der Waals surface area contributed by atoms with E-state index < -0.39 is 54.0 Å². The average Bonchev–Trinajstić information content (AvgIpc) is 3.32. The van der Waals surface area contributed by atoms with E-state index in [1.807, 2.05) is 0 Å². The van der Waals surface area contributed by atoms with Crippen LogP contribution >= 0.6 is 0 Å². The third-order valence-corrected chi connectivity index (χ3v) is 5.93. The van der Waals surface area contributed by atoms with Crippen molar-refractivity contribution in [1.82, 2.24) is 25.8 Å². The molecule has 3 aliphatic rings. The normalized spacial score (nSPS) is 19.5. The number of carbonyl (C=O) groups is 7. The van der Waals surface area contributed by atoms with Crippen molar-refractivity contribution in [2.45, 2.75) is 37.8 Å². The van der Waals surface area contributed by atoms with Crippen molar-refractivity contribution in [3.63, 3.8) is 0 Å². The SMILES string of the molecule is O=C[C@H](CC(=O)O)NC(=O)[C@@H]1CCCN2C(=O)CCN(NC(=O)C(=O)c3ccc4c(c3)OCO4)C(=O)N12. The lowest BCUT2D eigenvalue weighted by molar-refractivity contribution is -0.155. The van der Waals surface area contributed by atoms with Crippen molar-refractivity contribution in [3.8, 4) is 11.5 Å². The molecule has 0 aromatic heterocycles. The summed E-state index contributed by atoms with van der Waals surface area (Å²) in [6.45, 7) is -0.173. The van der Waals surface area contributed by atoms with E-state index in [0.717, 1.165) is 15.0 Å². The third kappa shape index (κ3) is 5.29. The molecule has 15 nitrogen and oxygen atoms in total. The molecule has 5 amide bonds. The van der Waals surface area contributed by atoms with Crippen molar-refractivity contribution in [2.24, 2.45) is 0 Å². The van der Waals surface area contributed by atoms with Crippen LogP contribution in [0.1, 0.15) is 36.0 Å². The molecule has 0 bridgehead atoms. The molecule has 37 heavy (non-hydrogen) atoms. The Kier molecular flexibility index (Phi) is 7.22. The number of benzene rings is 1. The molecule has 196 valence electrons. The average molecular weight is 517 g/mol. The highest BCUT2D eigenvalue weighted by Gasteiger charge is 2.44. The van der Waals surface area contributed by atoms with Crippen LogP contribution in [0.2, 0.25) is 0 Å². The van der Waals surface area contributed by atoms with Gasteiger partial charge in [-0.1, -0.05) is 0 Å². The molecule has 0 radical (unpaired) electrons. The van der Waals surface area contributed by atoms with Crippen LogP contribution in [-0.2, 0) is 24.0 Å². The smallest absolute Gasteiger partial charge is 0.358 e. The van der Waals surface area contributed by atoms with Crippen molar-refractivity contribution in [2.75, 3.05) is 19.9 Å². The maximum absolute atomic E-state index is 13.4. The molecule has 1 aromatic rings. The number of urea groups is 1. The molecule has 0 unspecified atom stereocenters. The van der Waals surface area contributed by atoms with Gasteiger partial charge in [0.15, 0.2) is 11.5 Å². The summed E-state index contributed by atoms with van der Waals surface area (Å²) in [5.74, 6) is -4.10. The second-order valence-corrected chi connectivity index (χ2v) is 8.39. The minimum absolute atomic E-state index is 0.0183. The largest absolute Gasteiger partial charge is 0.481 e. The summed E-state index contributed by atoms with van der Waals surface area (Å²) in [6, 6.07) is 0.599. The molecule has 1 aromatic carbocycles. The van der Waals surface area contributed by atoms with Gasteiger partial charge >= 0.3 is 17.9 Å². The Hall–Kier alpha value is -4.69. The predicted octanol–water partition coefficient (Wildman–Crippen LogP) is -1.18. The van der Waals surface area contributed by atoms with E-state index in [0.29, 0.717) is 12.2 Å². The Morgan fingerprint density at radius 3 is 2.62 bits per heavy atom. The van der Waals surface area contributed by atoms with Crippen LogP contribution in [0, 0.1) is 0 Å².